The summed E-state index contributed by atoms with van der Waals surface area (Å²) in [6, 6.07) is 2.33. The number of rotatable bonds is 3. The molecule has 11 fully saturated rings. The molecule has 0 radical (unpaired) electrons. The summed E-state index contributed by atoms with van der Waals surface area (Å²) >= 11 is 5.13. The maximum Gasteiger partial charge on any atom is 0.0625 e. The molecule has 4 aliphatic heterocycles. The molecule has 19 atom stereocenters. The van der Waals surface area contributed by atoms with Gasteiger partial charge in [0.05, 0.1) is 24.4 Å². The van der Waals surface area contributed by atoms with Crippen molar-refractivity contribution in [3.05, 3.63) is 0 Å². The topological polar surface area (TPSA) is 21.7 Å². The van der Waals surface area contributed by atoms with Crippen LogP contribution in [0.4, 0.5) is 0 Å². The average molecular weight is 680 g/mol. The third kappa shape index (κ3) is 5.11. The molecule has 7 saturated carbocycles. The van der Waals surface area contributed by atoms with E-state index in [-0.39, 0.29) is 0 Å². The molecule has 0 amide bonds. The second-order valence-corrected chi connectivity index (χ2v) is 22.1. The zero-order valence-corrected chi connectivity index (χ0v) is 30.9. The summed E-state index contributed by atoms with van der Waals surface area (Å²) < 4.78 is 14.1. The van der Waals surface area contributed by atoms with Crippen molar-refractivity contribution in [1.82, 2.24) is 4.90 Å². The summed E-state index contributed by atoms with van der Waals surface area (Å²) in [6.07, 6.45) is 36.0. The van der Waals surface area contributed by atoms with Crippen LogP contribution in [0.3, 0.4) is 0 Å². The van der Waals surface area contributed by atoms with Crippen LogP contribution in [0.5, 0.6) is 0 Å². The van der Waals surface area contributed by atoms with Gasteiger partial charge in [0.1, 0.15) is 0 Å². The SMILES string of the molecule is C1CCC2C(C1)OC1CC(N(C3CCC4C(C3)OC3CCCCC34)C3CCCC4C5CCC6SC7CCCCC7C6C5SC43)CCC12. The first-order valence-electron chi connectivity index (χ1n) is 21.7. The molecule has 0 aromatic carbocycles. The number of hydrogen-bond acceptors (Lipinski definition) is 5. The lowest BCUT2D eigenvalue weighted by atomic mass is 9.64. The highest BCUT2D eigenvalue weighted by Gasteiger charge is 2.61. The number of nitrogens with zero attached hydrogens (tertiary/aromatic N) is 1. The van der Waals surface area contributed by atoms with Crippen LogP contribution in [0.2, 0.25) is 0 Å². The van der Waals surface area contributed by atoms with Gasteiger partial charge in [-0.1, -0.05) is 44.9 Å². The number of fused-ring (bicyclic) bond motifs is 13. The van der Waals surface area contributed by atoms with Crippen molar-refractivity contribution in [3.8, 4) is 0 Å². The predicted octanol–water partition coefficient (Wildman–Crippen LogP) is 9.89. The Morgan fingerprint density at radius 3 is 1.64 bits per heavy atom. The van der Waals surface area contributed by atoms with E-state index in [9.17, 15) is 0 Å². The van der Waals surface area contributed by atoms with E-state index in [1.165, 1.54) is 122 Å². The van der Waals surface area contributed by atoms with E-state index in [1.54, 1.807) is 25.7 Å². The van der Waals surface area contributed by atoms with Gasteiger partial charge in [-0.3, -0.25) is 4.90 Å². The van der Waals surface area contributed by atoms with Gasteiger partial charge in [0.25, 0.3) is 0 Å². The van der Waals surface area contributed by atoms with E-state index in [2.05, 4.69) is 28.4 Å². The van der Waals surface area contributed by atoms with Gasteiger partial charge < -0.3 is 9.47 Å². The van der Waals surface area contributed by atoms with Gasteiger partial charge in [-0.2, -0.15) is 23.5 Å². The van der Waals surface area contributed by atoms with Gasteiger partial charge in [0.2, 0.25) is 0 Å². The van der Waals surface area contributed by atoms with Gasteiger partial charge >= 0.3 is 0 Å². The highest BCUT2D eigenvalue weighted by molar-refractivity contribution is 8.02. The summed E-state index contributed by atoms with van der Waals surface area (Å²) in [4.78, 5) is 3.34. The fraction of sp³-hybridized carbons (Fsp3) is 1.00. The van der Waals surface area contributed by atoms with E-state index in [4.69, 9.17) is 9.47 Å². The monoisotopic (exact) mass is 679 g/mol. The first-order valence-corrected chi connectivity index (χ1v) is 23.6. The molecule has 7 aliphatic carbocycles. The molecule has 4 saturated heterocycles. The molecule has 11 rings (SSSR count). The van der Waals surface area contributed by atoms with E-state index in [1.807, 2.05) is 0 Å². The Morgan fingerprint density at radius 1 is 0.383 bits per heavy atom. The largest absolute Gasteiger partial charge is 0.374 e. The van der Waals surface area contributed by atoms with Crippen LogP contribution in [-0.2, 0) is 9.47 Å². The van der Waals surface area contributed by atoms with Crippen molar-refractivity contribution in [2.45, 2.75) is 211 Å². The lowest BCUT2D eigenvalue weighted by Gasteiger charge is -2.53. The standard InChI is InChI=1S/C42H65NO2S2/c1-4-13-34-26(8-1)28-18-16-24(22-36(28)44-34)43(25-17-19-29-27-9-2-5-14-35(27)45-37(29)23-25)33-12-7-11-30-31-20-21-39-40(42(31)47-41(30)33)32-10-3-6-15-38(32)46-39/h24-42H,1-23H2. The molecular formula is C42H65NO2S2. The summed E-state index contributed by atoms with van der Waals surface area (Å²) in [5.41, 5.74) is 0. The minimum Gasteiger partial charge on any atom is -0.374 e. The van der Waals surface area contributed by atoms with Gasteiger partial charge in [0, 0.05) is 39.1 Å². The van der Waals surface area contributed by atoms with Crippen molar-refractivity contribution in [3.63, 3.8) is 0 Å². The summed E-state index contributed by atoms with van der Waals surface area (Å²) in [6.45, 7) is 0. The minimum absolute atomic E-state index is 0.559. The van der Waals surface area contributed by atoms with E-state index in [0.717, 1.165) is 86.5 Å². The lowest BCUT2D eigenvalue weighted by molar-refractivity contribution is -0.0642. The van der Waals surface area contributed by atoms with Gasteiger partial charge in [-0.15, -0.1) is 0 Å². The molecule has 4 heterocycles. The molecule has 0 aromatic heterocycles. The third-order valence-corrected chi connectivity index (χ3v) is 21.3. The van der Waals surface area contributed by atoms with Crippen LogP contribution < -0.4 is 0 Å². The zero-order valence-electron chi connectivity index (χ0n) is 29.3. The average Bonchev–Trinajstić information content (AvgIpc) is 3.87. The highest BCUT2D eigenvalue weighted by Crippen LogP contribution is 2.65. The first-order chi connectivity index (χ1) is 23.3. The minimum atomic E-state index is 0.559. The Bertz CT molecular complexity index is 1100. The number of hydrogen-bond donors (Lipinski definition) is 0. The fourth-order valence-electron chi connectivity index (χ4n) is 15.8. The Morgan fingerprint density at radius 2 is 0.936 bits per heavy atom. The molecule has 3 nitrogen and oxygen atoms in total. The maximum absolute atomic E-state index is 7.06. The lowest BCUT2D eigenvalue weighted by Crippen LogP contribution is -2.59. The summed E-state index contributed by atoms with van der Waals surface area (Å²) in [5.74, 6) is 7.67. The molecule has 0 spiro atoms. The quantitative estimate of drug-likeness (QED) is 0.295. The van der Waals surface area contributed by atoms with Crippen molar-refractivity contribution in [2.75, 3.05) is 0 Å². The normalized spacial score (nSPS) is 58.0. The Balaban J connectivity index is 0.887. The number of thioether (sulfide) groups is 2. The zero-order chi connectivity index (χ0) is 30.6. The predicted molar refractivity (Wildman–Crippen MR) is 195 cm³/mol. The smallest absolute Gasteiger partial charge is 0.0625 e. The van der Waals surface area contributed by atoms with Crippen molar-refractivity contribution in [2.24, 2.45) is 47.3 Å². The molecular weight excluding hydrogens is 615 g/mol. The fourth-order valence-corrected chi connectivity index (χ4v) is 20.4. The third-order valence-electron chi connectivity index (χ3n) is 17.5. The molecule has 11 aliphatic rings. The van der Waals surface area contributed by atoms with Crippen LogP contribution in [-0.4, -0.2) is 68.4 Å². The van der Waals surface area contributed by atoms with E-state index < -0.39 is 0 Å². The molecule has 0 bridgehead atoms. The molecule has 262 valence electrons. The van der Waals surface area contributed by atoms with Gasteiger partial charge in [-0.05, 0) is 150 Å². The van der Waals surface area contributed by atoms with Gasteiger partial charge in [0.15, 0.2) is 0 Å². The van der Waals surface area contributed by atoms with Crippen LogP contribution >= 0.6 is 23.5 Å². The first kappa shape index (κ1) is 31.1. The Hall–Kier alpha value is 0.580. The van der Waals surface area contributed by atoms with Crippen LogP contribution in [0.1, 0.15) is 148 Å². The second-order valence-electron chi connectivity index (χ2n) is 19.2. The van der Waals surface area contributed by atoms with E-state index in [0.29, 0.717) is 24.4 Å². The Kier molecular flexibility index (Phi) is 8.36. The van der Waals surface area contributed by atoms with Crippen molar-refractivity contribution < 1.29 is 9.47 Å². The Labute approximate surface area is 295 Å². The second kappa shape index (κ2) is 12.6. The molecule has 47 heavy (non-hydrogen) atoms. The van der Waals surface area contributed by atoms with Crippen LogP contribution in [0, 0.1) is 47.3 Å². The highest BCUT2D eigenvalue weighted by atomic mass is 32.2. The molecule has 19 unspecified atom stereocenters. The summed E-state index contributed by atoms with van der Waals surface area (Å²) in [7, 11) is 0. The van der Waals surface area contributed by atoms with Crippen LogP contribution in [0.15, 0.2) is 0 Å². The maximum atomic E-state index is 7.06. The van der Waals surface area contributed by atoms with E-state index >= 15 is 0 Å². The molecule has 0 aromatic rings. The van der Waals surface area contributed by atoms with Gasteiger partial charge in [-0.25, -0.2) is 0 Å². The van der Waals surface area contributed by atoms with Crippen molar-refractivity contribution in [1.29, 1.82) is 0 Å². The molecule has 5 heteroatoms. The number of ether oxygens (including phenoxy) is 2. The van der Waals surface area contributed by atoms with Crippen LogP contribution in [0.25, 0.3) is 0 Å². The van der Waals surface area contributed by atoms with Crippen molar-refractivity contribution >= 4 is 23.5 Å². The summed E-state index contributed by atoms with van der Waals surface area (Å²) in [5, 5.41) is 3.91. The molecule has 0 N–H and O–H groups in total.